The largest absolute Gasteiger partial charge is 0.478 e. The van der Waals surface area contributed by atoms with Gasteiger partial charge >= 0.3 is 5.97 Å². The van der Waals surface area contributed by atoms with E-state index in [1.54, 1.807) is 19.2 Å². The summed E-state index contributed by atoms with van der Waals surface area (Å²) >= 11 is 1.17. The number of aromatic carboxylic acids is 1. The number of carboxylic acid groups (broad SMARTS) is 1. The Morgan fingerprint density at radius 1 is 1.21 bits per heavy atom. The molecule has 0 bridgehead atoms. The Labute approximate surface area is 115 Å². The topological polar surface area (TPSA) is 76.0 Å². The van der Waals surface area contributed by atoms with Crippen molar-refractivity contribution in [3.63, 3.8) is 0 Å². The van der Waals surface area contributed by atoms with Crippen molar-refractivity contribution in [1.29, 1.82) is 0 Å². The van der Waals surface area contributed by atoms with Gasteiger partial charge in [-0.05, 0) is 50.2 Å². The van der Waals surface area contributed by atoms with Gasteiger partial charge in [0.25, 0.3) is 0 Å². The molecular formula is C13H13N3O2S. The summed E-state index contributed by atoms with van der Waals surface area (Å²) in [4.78, 5) is 23.9. The molecule has 1 N–H and O–H groups in total. The van der Waals surface area contributed by atoms with Crippen molar-refractivity contribution in [3.05, 3.63) is 40.8 Å². The molecule has 2 heterocycles. The van der Waals surface area contributed by atoms with Gasteiger partial charge in [-0.1, -0.05) is 0 Å². The molecule has 0 saturated carbocycles. The Balaban J connectivity index is 2.43. The zero-order valence-electron chi connectivity index (χ0n) is 10.8. The van der Waals surface area contributed by atoms with E-state index in [2.05, 4.69) is 15.0 Å². The molecule has 0 aliphatic carbocycles. The number of pyridine rings is 1. The van der Waals surface area contributed by atoms with Crippen LogP contribution in [0.5, 0.6) is 0 Å². The highest BCUT2D eigenvalue weighted by atomic mass is 32.2. The normalized spacial score (nSPS) is 10.5. The minimum Gasteiger partial charge on any atom is -0.478 e. The fraction of sp³-hybridized carbons (Fsp3) is 0.231. The van der Waals surface area contributed by atoms with E-state index >= 15 is 0 Å². The van der Waals surface area contributed by atoms with Crippen molar-refractivity contribution in [3.8, 4) is 0 Å². The second-order valence-corrected chi connectivity index (χ2v) is 5.10. The molecule has 0 saturated heterocycles. The third-order valence-corrected chi connectivity index (χ3v) is 3.36. The Morgan fingerprint density at radius 3 is 2.42 bits per heavy atom. The molecule has 2 aromatic heterocycles. The minimum atomic E-state index is -0.988. The highest BCUT2D eigenvalue weighted by Crippen LogP contribution is 2.28. The van der Waals surface area contributed by atoms with Crippen LogP contribution >= 0.6 is 11.8 Å². The van der Waals surface area contributed by atoms with Crippen LogP contribution in [0.4, 0.5) is 0 Å². The average molecular weight is 275 g/mol. The molecule has 0 amide bonds. The van der Waals surface area contributed by atoms with Crippen LogP contribution in [0.1, 0.15) is 27.3 Å². The van der Waals surface area contributed by atoms with Gasteiger partial charge in [0.15, 0.2) is 5.16 Å². The molecule has 0 fully saturated rings. The monoisotopic (exact) mass is 275 g/mol. The van der Waals surface area contributed by atoms with Gasteiger partial charge in [-0.3, -0.25) is 0 Å². The first-order chi connectivity index (χ1) is 8.97. The summed E-state index contributed by atoms with van der Waals surface area (Å²) in [5, 5.41) is 10.2. The molecule has 19 heavy (non-hydrogen) atoms. The van der Waals surface area contributed by atoms with Crippen molar-refractivity contribution >= 4 is 17.7 Å². The maximum atomic E-state index is 11.3. The summed E-state index contributed by atoms with van der Waals surface area (Å²) in [6.07, 6.45) is 1.59. The molecule has 0 aliphatic heterocycles. The molecule has 2 aromatic rings. The smallest absolute Gasteiger partial charge is 0.338 e. The van der Waals surface area contributed by atoms with Crippen molar-refractivity contribution in [1.82, 2.24) is 15.0 Å². The Kier molecular flexibility index (Phi) is 3.80. The van der Waals surface area contributed by atoms with E-state index in [0.29, 0.717) is 15.7 Å². The lowest BCUT2D eigenvalue weighted by molar-refractivity contribution is 0.0691. The first-order valence-electron chi connectivity index (χ1n) is 5.66. The zero-order chi connectivity index (χ0) is 14.0. The van der Waals surface area contributed by atoms with Gasteiger partial charge in [0.05, 0.1) is 5.56 Å². The van der Waals surface area contributed by atoms with Crippen LogP contribution < -0.4 is 0 Å². The SMILES string of the molecule is Cc1cc(C)nc(Sc2nccc(C)c2C(=O)O)n1. The molecule has 0 spiro atoms. The predicted octanol–water partition coefficient (Wildman–Crippen LogP) is 2.65. The highest BCUT2D eigenvalue weighted by molar-refractivity contribution is 7.99. The molecule has 0 aromatic carbocycles. The predicted molar refractivity (Wildman–Crippen MR) is 71.6 cm³/mol. The maximum Gasteiger partial charge on any atom is 0.338 e. The molecular weight excluding hydrogens is 262 g/mol. The van der Waals surface area contributed by atoms with Crippen LogP contribution in [0.3, 0.4) is 0 Å². The van der Waals surface area contributed by atoms with Crippen LogP contribution in [-0.2, 0) is 0 Å². The van der Waals surface area contributed by atoms with Gasteiger partial charge in [-0.25, -0.2) is 19.7 Å². The molecule has 0 unspecified atom stereocenters. The molecule has 0 aliphatic rings. The lowest BCUT2D eigenvalue weighted by atomic mass is 10.2. The first kappa shape index (κ1) is 13.5. The zero-order valence-corrected chi connectivity index (χ0v) is 11.7. The van der Waals surface area contributed by atoms with E-state index in [1.807, 2.05) is 19.9 Å². The van der Waals surface area contributed by atoms with Crippen molar-refractivity contribution in [2.45, 2.75) is 31.0 Å². The van der Waals surface area contributed by atoms with E-state index in [-0.39, 0.29) is 5.56 Å². The van der Waals surface area contributed by atoms with E-state index in [1.165, 1.54) is 11.8 Å². The number of aryl methyl sites for hydroxylation is 3. The summed E-state index contributed by atoms with van der Waals surface area (Å²) in [6, 6.07) is 3.54. The number of nitrogens with zero attached hydrogens (tertiary/aromatic N) is 3. The van der Waals surface area contributed by atoms with E-state index in [9.17, 15) is 9.90 Å². The number of carboxylic acids is 1. The number of rotatable bonds is 3. The number of hydrogen-bond donors (Lipinski definition) is 1. The van der Waals surface area contributed by atoms with Crippen molar-refractivity contribution in [2.24, 2.45) is 0 Å². The lowest BCUT2D eigenvalue weighted by Gasteiger charge is -2.07. The number of carbonyl (C=O) groups is 1. The molecule has 2 rings (SSSR count). The Bertz CT molecular complexity index is 624. The lowest BCUT2D eigenvalue weighted by Crippen LogP contribution is -2.04. The van der Waals surface area contributed by atoms with E-state index in [4.69, 9.17) is 0 Å². The number of hydrogen-bond acceptors (Lipinski definition) is 5. The third kappa shape index (κ3) is 3.08. The maximum absolute atomic E-state index is 11.3. The van der Waals surface area contributed by atoms with Crippen molar-refractivity contribution in [2.75, 3.05) is 0 Å². The van der Waals surface area contributed by atoms with E-state index < -0.39 is 5.97 Å². The fourth-order valence-electron chi connectivity index (χ4n) is 1.70. The van der Waals surface area contributed by atoms with Crippen LogP contribution in [0.25, 0.3) is 0 Å². The van der Waals surface area contributed by atoms with Gasteiger partial charge in [0.2, 0.25) is 0 Å². The second kappa shape index (κ2) is 5.36. The summed E-state index contributed by atoms with van der Waals surface area (Å²) < 4.78 is 0. The summed E-state index contributed by atoms with van der Waals surface area (Å²) in [6.45, 7) is 5.50. The van der Waals surface area contributed by atoms with Crippen LogP contribution in [0, 0.1) is 20.8 Å². The standard InChI is InChI=1S/C13H13N3O2S/c1-7-4-5-14-11(10(7)12(17)18)19-13-15-8(2)6-9(3)16-13/h4-6H,1-3H3,(H,17,18). The molecule has 5 nitrogen and oxygen atoms in total. The molecule has 98 valence electrons. The van der Waals surface area contributed by atoms with Gasteiger partial charge in [0, 0.05) is 17.6 Å². The number of aromatic nitrogens is 3. The van der Waals surface area contributed by atoms with Crippen LogP contribution in [0.15, 0.2) is 28.5 Å². The van der Waals surface area contributed by atoms with Gasteiger partial charge in [0.1, 0.15) is 5.03 Å². The van der Waals surface area contributed by atoms with Crippen LogP contribution in [0.2, 0.25) is 0 Å². The average Bonchev–Trinajstić information content (AvgIpc) is 2.26. The fourth-order valence-corrected chi connectivity index (χ4v) is 2.71. The van der Waals surface area contributed by atoms with Gasteiger partial charge in [-0.15, -0.1) is 0 Å². The highest BCUT2D eigenvalue weighted by Gasteiger charge is 2.16. The Hall–Kier alpha value is -1.95. The summed E-state index contributed by atoms with van der Waals surface area (Å²) in [5.74, 6) is -0.988. The Morgan fingerprint density at radius 2 is 1.84 bits per heavy atom. The minimum absolute atomic E-state index is 0.204. The van der Waals surface area contributed by atoms with Gasteiger partial charge in [-0.2, -0.15) is 0 Å². The second-order valence-electron chi connectivity index (χ2n) is 4.15. The summed E-state index contributed by atoms with van der Waals surface area (Å²) in [5.41, 5.74) is 2.57. The van der Waals surface area contributed by atoms with E-state index in [0.717, 1.165) is 11.4 Å². The molecule has 6 heteroatoms. The quantitative estimate of drug-likeness (QED) is 0.868. The van der Waals surface area contributed by atoms with Crippen molar-refractivity contribution < 1.29 is 9.90 Å². The molecule has 0 radical (unpaired) electrons. The van der Waals surface area contributed by atoms with Gasteiger partial charge < -0.3 is 5.11 Å². The first-order valence-corrected chi connectivity index (χ1v) is 6.48. The molecule has 0 atom stereocenters. The van der Waals surface area contributed by atoms with Crippen LogP contribution in [-0.4, -0.2) is 26.0 Å². The summed E-state index contributed by atoms with van der Waals surface area (Å²) in [7, 11) is 0. The third-order valence-electron chi connectivity index (χ3n) is 2.49.